The highest BCUT2D eigenvalue weighted by atomic mass is 16.2. The van der Waals surface area contributed by atoms with E-state index in [0.29, 0.717) is 12.0 Å². The number of hydrogen-bond donors (Lipinski definition) is 1. The number of hydrogen-bond acceptors (Lipinski definition) is 3. The Bertz CT molecular complexity index is 428. The molecule has 2 atom stereocenters. The fraction of sp³-hybridized carbons (Fsp3) is 0.947. The number of carbonyl (C=O) groups is 1. The van der Waals surface area contributed by atoms with E-state index >= 15 is 0 Å². The zero-order chi connectivity index (χ0) is 15.9. The van der Waals surface area contributed by atoms with E-state index in [1.54, 1.807) is 0 Å². The summed E-state index contributed by atoms with van der Waals surface area (Å²) >= 11 is 0. The molecule has 5 fully saturated rings. The van der Waals surface area contributed by atoms with Gasteiger partial charge in [-0.25, -0.2) is 0 Å². The van der Waals surface area contributed by atoms with Gasteiger partial charge in [-0.05, 0) is 62.3 Å². The SMILES string of the molecule is CN1CCN(CC(=O)NCC23CC4CCC(CC(C4)C2)C3)CC1. The third kappa shape index (κ3) is 3.58. The van der Waals surface area contributed by atoms with Crippen LogP contribution in [0.2, 0.25) is 0 Å². The molecule has 0 spiro atoms. The lowest BCUT2D eigenvalue weighted by Gasteiger charge is -2.48. The molecule has 0 aromatic heterocycles. The van der Waals surface area contributed by atoms with Crippen molar-refractivity contribution < 1.29 is 4.79 Å². The van der Waals surface area contributed by atoms with Crippen molar-refractivity contribution in [3.8, 4) is 0 Å². The highest BCUT2D eigenvalue weighted by Gasteiger charge is 2.48. The van der Waals surface area contributed by atoms with Crippen LogP contribution in [0.3, 0.4) is 0 Å². The maximum Gasteiger partial charge on any atom is 0.234 e. The maximum atomic E-state index is 12.4. The van der Waals surface area contributed by atoms with Crippen molar-refractivity contribution in [3.63, 3.8) is 0 Å². The van der Waals surface area contributed by atoms with E-state index in [-0.39, 0.29) is 5.91 Å². The molecule has 4 bridgehead atoms. The minimum Gasteiger partial charge on any atom is -0.354 e. The molecule has 1 aliphatic heterocycles. The molecular weight excluding hydrogens is 286 g/mol. The number of nitrogens with one attached hydrogen (secondary N) is 1. The fourth-order valence-electron chi connectivity index (χ4n) is 6.14. The molecule has 0 aromatic carbocycles. The Morgan fingerprint density at radius 2 is 1.61 bits per heavy atom. The Morgan fingerprint density at radius 1 is 1.00 bits per heavy atom. The smallest absolute Gasteiger partial charge is 0.234 e. The van der Waals surface area contributed by atoms with Crippen LogP contribution in [0.5, 0.6) is 0 Å². The summed E-state index contributed by atoms with van der Waals surface area (Å²) in [5.41, 5.74) is 0.449. The highest BCUT2D eigenvalue weighted by Crippen LogP contribution is 2.57. The van der Waals surface area contributed by atoms with Crippen molar-refractivity contribution in [1.82, 2.24) is 15.1 Å². The Kier molecular flexibility index (Phi) is 4.39. The molecule has 0 aromatic rings. The predicted molar refractivity (Wildman–Crippen MR) is 92.2 cm³/mol. The lowest BCUT2D eigenvalue weighted by atomic mass is 9.58. The summed E-state index contributed by atoms with van der Waals surface area (Å²) in [6.45, 7) is 5.77. The molecule has 0 radical (unpaired) electrons. The van der Waals surface area contributed by atoms with Gasteiger partial charge in [0.15, 0.2) is 0 Å². The zero-order valence-corrected chi connectivity index (χ0v) is 14.7. The van der Waals surface area contributed by atoms with Crippen LogP contribution in [0.25, 0.3) is 0 Å². The minimum atomic E-state index is 0.254. The summed E-state index contributed by atoms with van der Waals surface area (Å²) in [4.78, 5) is 17.1. The van der Waals surface area contributed by atoms with E-state index in [0.717, 1.165) is 50.5 Å². The molecule has 4 aliphatic carbocycles. The van der Waals surface area contributed by atoms with Crippen LogP contribution in [0.15, 0.2) is 0 Å². The topological polar surface area (TPSA) is 35.6 Å². The van der Waals surface area contributed by atoms with Gasteiger partial charge in [-0.1, -0.05) is 12.8 Å². The summed E-state index contributed by atoms with van der Waals surface area (Å²) in [7, 11) is 2.16. The minimum absolute atomic E-state index is 0.254. The first-order chi connectivity index (χ1) is 11.1. The third-order valence-corrected chi connectivity index (χ3v) is 7.11. The molecule has 5 rings (SSSR count). The number of fused-ring (bicyclic) bond motifs is 1. The van der Waals surface area contributed by atoms with Crippen LogP contribution in [-0.4, -0.2) is 62.0 Å². The van der Waals surface area contributed by atoms with Gasteiger partial charge in [0.25, 0.3) is 0 Å². The van der Waals surface area contributed by atoms with Gasteiger partial charge >= 0.3 is 0 Å². The monoisotopic (exact) mass is 319 g/mol. The molecule has 4 saturated carbocycles. The van der Waals surface area contributed by atoms with Gasteiger partial charge in [0.2, 0.25) is 5.91 Å². The first kappa shape index (κ1) is 15.9. The predicted octanol–water partition coefficient (Wildman–Crippen LogP) is 1.96. The molecule has 130 valence electrons. The van der Waals surface area contributed by atoms with Crippen LogP contribution >= 0.6 is 0 Å². The normalized spacial score (nSPS) is 41.0. The number of carbonyl (C=O) groups excluding carboxylic acids is 1. The second-order valence-corrected chi connectivity index (χ2v) is 9.12. The Hall–Kier alpha value is -0.610. The van der Waals surface area contributed by atoms with Crippen LogP contribution in [0.1, 0.15) is 44.9 Å². The lowest BCUT2D eigenvalue weighted by Crippen LogP contribution is -2.50. The Balaban J connectivity index is 1.29. The van der Waals surface area contributed by atoms with E-state index in [1.165, 1.54) is 44.9 Å². The molecule has 5 aliphatic rings. The lowest BCUT2D eigenvalue weighted by molar-refractivity contribution is -0.123. The van der Waals surface area contributed by atoms with Gasteiger partial charge in [-0.2, -0.15) is 0 Å². The van der Waals surface area contributed by atoms with Crippen molar-refractivity contribution in [2.24, 2.45) is 23.2 Å². The van der Waals surface area contributed by atoms with Gasteiger partial charge in [0.1, 0.15) is 0 Å². The Labute approximate surface area is 141 Å². The van der Waals surface area contributed by atoms with E-state index in [2.05, 4.69) is 22.2 Å². The van der Waals surface area contributed by atoms with E-state index < -0.39 is 0 Å². The second-order valence-electron chi connectivity index (χ2n) is 9.12. The number of amides is 1. The van der Waals surface area contributed by atoms with Crippen molar-refractivity contribution in [2.75, 3.05) is 46.3 Å². The molecule has 23 heavy (non-hydrogen) atoms. The quantitative estimate of drug-likeness (QED) is 0.860. The van der Waals surface area contributed by atoms with Crippen LogP contribution in [0, 0.1) is 23.2 Å². The van der Waals surface area contributed by atoms with Crippen molar-refractivity contribution in [2.45, 2.75) is 44.9 Å². The molecular formula is C19H33N3O. The van der Waals surface area contributed by atoms with Gasteiger partial charge in [0, 0.05) is 32.7 Å². The molecule has 4 heteroatoms. The van der Waals surface area contributed by atoms with Gasteiger partial charge in [-0.3, -0.25) is 9.69 Å². The van der Waals surface area contributed by atoms with Crippen molar-refractivity contribution >= 4 is 5.91 Å². The fourth-order valence-corrected chi connectivity index (χ4v) is 6.14. The van der Waals surface area contributed by atoms with Crippen LogP contribution in [-0.2, 0) is 4.79 Å². The summed E-state index contributed by atoms with van der Waals surface area (Å²) in [5.74, 6) is 3.13. The first-order valence-corrected chi connectivity index (χ1v) is 9.78. The van der Waals surface area contributed by atoms with Crippen LogP contribution < -0.4 is 5.32 Å². The summed E-state index contributed by atoms with van der Waals surface area (Å²) in [6.07, 6.45) is 10.0. The molecule has 4 nitrogen and oxygen atoms in total. The average Bonchev–Trinajstić information content (AvgIpc) is 2.74. The number of nitrogens with zero attached hydrogens (tertiary/aromatic N) is 2. The van der Waals surface area contributed by atoms with Gasteiger partial charge in [0.05, 0.1) is 6.54 Å². The first-order valence-electron chi connectivity index (χ1n) is 9.78. The van der Waals surface area contributed by atoms with E-state index in [4.69, 9.17) is 0 Å². The summed E-state index contributed by atoms with van der Waals surface area (Å²) in [6, 6.07) is 0. The summed E-state index contributed by atoms with van der Waals surface area (Å²) in [5, 5.41) is 3.33. The largest absolute Gasteiger partial charge is 0.354 e. The highest BCUT2D eigenvalue weighted by molar-refractivity contribution is 5.78. The molecule has 1 amide bonds. The van der Waals surface area contributed by atoms with Crippen LogP contribution in [0.4, 0.5) is 0 Å². The Morgan fingerprint density at radius 3 is 2.26 bits per heavy atom. The van der Waals surface area contributed by atoms with Crippen molar-refractivity contribution in [3.05, 3.63) is 0 Å². The van der Waals surface area contributed by atoms with E-state index in [9.17, 15) is 4.79 Å². The summed E-state index contributed by atoms with van der Waals surface area (Å²) < 4.78 is 0. The molecule has 2 unspecified atom stereocenters. The molecule has 1 heterocycles. The van der Waals surface area contributed by atoms with Gasteiger partial charge < -0.3 is 10.2 Å². The standard InChI is InChI=1S/C19H33N3O/c1-21-4-6-22(7-5-21)13-18(23)20-14-19-10-15-2-3-16(11-19)9-17(8-15)12-19/h15-17H,2-14H2,1H3,(H,20,23). The third-order valence-electron chi connectivity index (χ3n) is 7.11. The number of piperazine rings is 1. The zero-order valence-electron chi connectivity index (χ0n) is 14.7. The maximum absolute atomic E-state index is 12.4. The number of rotatable bonds is 4. The number of likely N-dealkylation sites (N-methyl/N-ethyl adjacent to an activating group) is 1. The molecule has 1 saturated heterocycles. The van der Waals surface area contributed by atoms with Gasteiger partial charge in [-0.15, -0.1) is 0 Å². The average molecular weight is 319 g/mol. The van der Waals surface area contributed by atoms with Crippen molar-refractivity contribution in [1.29, 1.82) is 0 Å². The molecule has 1 N–H and O–H groups in total. The second kappa shape index (κ2) is 6.36. The van der Waals surface area contributed by atoms with E-state index in [1.807, 2.05) is 0 Å².